The second kappa shape index (κ2) is 10.3. The van der Waals surface area contributed by atoms with Crippen LogP contribution >= 0.6 is 0 Å². The summed E-state index contributed by atoms with van der Waals surface area (Å²) in [6, 6.07) is 4.64. The Hall–Kier alpha value is -4.00. The lowest BCUT2D eigenvalue weighted by Crippen LogP contribution is -2.59. The third-order valence-electron chi connectivity index (χ3n) is 7.25. The number of hydrogen-bond acceptors (Lipinski definition) is 10. The highest BCUT2D eigenvalue weighted by atomic mass is 19.1. The Balaban J connectivity index is 1.20. The molecule has 12 nitrogen and oxygen atoms in total. The summed E-state index contributed by atoms with van der Waals surface area (Å²) in [5.41, 5.74) is 0.400. The van der Waals surface area contributed by atoms with Crippen molar-refractivity contribution in [3.8, 4) is 17.3 Å². The molecule has 1 N–H and O–H groups in total. The predicted octanol–water partition coefficient (Wildman–Crippen LogP) is 3.35. The van der Waals surface area contributed by atoms with E-state index in [1.54, 1.807) is 17.0 Å². The van der Waals surface area contributed by atoms with Gasteiger partial charge in [0.2, 0.25) is 5.75 Å². The van der Waals surface area contributed by atoms with Gasteiger partial charge in [0.1, 0.15) is 36.5 Å². The first-order valence-electron chi connectivity index (χ1n) is 13.0. The van der Waals surface area contributed by atoms with Gasteiger partial charge in [-0.25, -0.2) is 23.8 Å². The number of piperidine rings is 1. The molecule has 6 rings (SSSR count). The normalized spacial score (nSPS) is 23.2. The highest BCUT2D eigenvalue weighted by Gasteiger charge is 2.47. The van der Waals surface area contributed by atoms with Gasteiger partial charge in [0.15, 0.2) is 5.82 Å². The number of carbonyl (C=O) groups is 1. The summed E-state index contributed by atoms with van der Waals surface area (Å²) < 4.78 is 40.2. The van der Waals surface area contributed by atoms with Gasteiger partial charge in [-0.3, -0.25) is 0 Å². The molecule has 2 atom stereocenters. The zero-order chi connectivity index (χ0) is 27.0. The van der Waals surface area contributed by atoms with E-state index in [0.717, 1.165) is 12.8 Å². The molecule has 2 saturated heterocycles. The smallest absolute Gasteiger partial charge is 0.410 e. The predicted molar refractivity (Wildman–Crippen MR) is 136 cm³/mol. The van der Waals surface area contributed by atoms with Crippen LogP contribution in [0.25, 0.3) is 5.69 Å². The first-order chi connectivity index (χ1) is 18.9. The molecule has 13 heteroatoms. The van der Waals surface area contributed by atoms with Crippen LogP contribution in [0.1, 0.15) is 26.7 Å². The van der Waals surface area contributed by atoms with Gasteiger partial charge in [-0.05, 0) is 38.8 Å². The number of nitrogens with zero attached hydrogens (tertiary/aromatic N) is 6. The summed E-state index contributed by atoms with van der Waals surface area (Å²) in [6.45, 7) is 5.93. The molecule has 3 aliphatic rings. The summed E-state index contributed by atoms with van der Waals surface area (Å²) in [5.74, 6) is 0.158. The highest BCUT2D eigenvalue weighted by Crippen LogP contribution is 2.41. The van der Waals surface area contributed by atoms with Crippen LogP contribution < -0.4 is 14.8 Å². The van der Waals surface area contributed by atoms with Crippen molar-refractivity contribution in [2.45, 2.75) is 38.4 Å². The lowest BCUT2D eigenvalue weighted by molar-refractivity contribution is -0.112. The first-order valence-corrected chi connectivity index (χ1v) is 13.0. The average molecular weight is 540 g/mol. The van der Waals surface area contributed by atoms with E-state index in [2.05, 4.69) is 25.4 Å². The minimum atomic E-state index is -0.502. The van der Waals surface area contributed by atoms with Crippen molar-refractivity contribution < 1.29 is 28.1 Å². The maximum Gasteiger partial charge on any atom is 0.410 e. The second-order valence-corrected chi connectivity index (χ2v) is 10.3. The number of halogens is 1. The van der Waals surface area contributed by atoms with Crippen LogP contribution in [0.2, 0.25) is 0 Å². The zero-order valence-corrected chi connectivity index (χ0v) is 21.7. The molecule has 2 aliphatic heterocycles. The number of aromatic nitrogens is 5. The Bertz CT molecular complexity index is 1320. The number of fused-ring (bicyclic) bond motifs is 2. The molecule has 3 aromatic rings. The largest absolute Gasteiger partial charge is 0.486 e. The van der Waals surface area contributed by atoms with E-state index < -0.39 is 5.82 Å². The fourth-order valence-electron chi connectivity index (χ4n) is 4.95. The molecule has 0 radical (unpaired) electrons. The van der Waals surface area contributed by atoms with Crippen LogP contribution in [0.3, 0.4) is 0 Å². The molecule has 4 heterocycles. The second-order valence-electron chi connectivity index (χ2n) is 10.3. The number of anilines is 2. The summed E-state index contributed by atoms with van der Waals surface area (Å²) in [7, 11) is 0. The number of ether oxygens (including phenoxy) is 4. The van der Waals surface area contributed by atoms with E-state index in [1.807, 2.05) is 13.8 Å². The Labute approximate surface area is 224 Å². The van der Waals surface area contributed by atoms with E-state index in [4.69, 9.17) is 18.9 Å². The maximum atomic E-state index is 15.0. The van der Waals surface area contributed by atoms with Crippen LogP contribution in [-0.4, -0.2) is 80.3 Å². The molecule has 0 spiro atoms. The van der Waals surface area contributed by atoms with E-state index in [9.17, 15) is 9.18 Å². The number of nitrogens with one attached hydrogen (secondary N) is 1. The summed E-state index contributed by atoms with van der Waals surface area (Å²) in [5, 5.41) is 7.03. The van der Waals surface area contributed by atoms with Gasteiger partial charge in [0.05, 0.1) is 31.2 Å². The topological polar surface area (TPSA) is 126 Å². The molecule has 206 valence electrons. The Morgan fingerprint density at radius 1 is 1.21 bits per heavy atom. The Morgan fingerprint density at radius 2 is 2.00 bits per heavy atom. The van der Waals surface area contributed by atoms with Crippen LogP contribution in [0, 0.1) is 17.7 Å². The van der Waals surface area contributed by atoms with Gasteiger partial charge in [0.25, 0.3) is 5.88 Å². The quantitative estimate of drug-likeness (QED) is 0.455. The summed E-state index contributed by atoms with van der Waals surface area (Å²) in [4.78, 5) is 27.0. The molecule has 2 aromatic heterocycles. The molecular weight excluding hydrogens is 509 g/mol. The average Bonchev–Trinajstić information content (AvgIpc) is 3.38. The third-order valence-corrected chi connectivity index (χ3v) is 7.25. The Morgan fingerprint density at radius 3 is 2.67 bits per heavy atom. The molecule has 3 fully saturated rings. The third kappa shape index (κ3) is 5.31. The minimum Gasteiger partial charge on any atom is -0.486 e. The number of rotatable bonds is 8. The van der Waals surface area contributed by atoms with Gasteiger partial charge in [0, 0.05) is 31.0 Å². The summed E-state index contributed by atoms with van der Waals surface area (Å²) in [6.07, 6.45) is 5.47. The van der Waals surface area contributed by atoms with Crippen molar-refractivity contribution >= 4 is 17.6 Å². The first kappa shape index (κ1) is 25.3. The molecule has 39 heavy (non-hydrogen) atoms. The lowest BCUT2D eigenvalue weighted by atomic mass is 9.84. The van der Waals surface area contributed by atoms with Gasteiger partial charge in [-0.1, -0.05) is 0 Å². The number of hydrogen-bond donors (Lipinski definition) is 1. The molecule has 1 amide bonds. The number of carbonyl (C=O) groups excluding carboxylic acids is 1. The van der Waals surface area contributed by atoms with Gasteiger partial charge >= 0.3 is 6.09 Å². The fourth-order valence-corrected chi connectivity index (χ4v) is 4.95. The fraction of sp³-hybridized carbons (Fsp3) is 0.500. The van der Waals surface area contributed by atoms with Crippen molar-refractivity contribution in [3.63, 3.8) is 0 Å². The number of benzene rings is 1. The molecule has 2 unspecified atom stereocenters. The SMILES string of the molecule is CCOc1c(Nc2ccc(-n3cncn3)cc2F)ncnc1OC1C2COCC1CN(C(=O)OC1(C)CC1)C2. The van der Waals surface area contributed by atoms with Crippen molar-refractivity contribution in [2.75, 3.05) is 38.2 Å². The van der Waals surface area contributed by atoms with Crippen LogP contribution in [0.15, 0.2) is 37.2 Å². The highest BCUT2D eigenvalue weighted by molar-refractivity contribution is 5.69. The standard InChI is InChI=1S/C26H30FN7O5/c1-3-37-22-23(32-20-5-4-18(8-19(20)27)34-15-28-13-31-34)29-14-30-24(22)38-21-16-9-33(10-17(21)12-36-11-16)25(35)39-26(2)6-7-26/h4-5,8,13-17,21H,3,6-7,9-12H2,1-2H3,(H,29,30,32). The van der Waals surface area contributed by atoms with E-state index in [-0.39, 0.29) is 52.8 Å². The van der Waals surface area contributed by atoms with Crippen molar-refractivity contribution in [3.05, 3.63) is 43.0 Å². The lowest BCUT2D eigenvalue weighted by Gasteiger charge is -2.46. The van der Waals surface area contributed by atoms with E-state index >= 15 is 0 Å². The molecule has 1 saturated carbocycles. The number of likely N-dealkylation sites (tertiary alicyclic amines) is 1. The van der Waals surface area contributed by atoms with Crippen LogP contribution in [0.5, 0.6) is 11.6 Å². The number of amides is 1. The molecular formula is C26H30FN7O5. The van der Waals surface area contributed by atoms with E-state index in [0.29, 0.717) is 38.6 Å². The van der Waals surface area contributed by atoms with Crippen molar-refractivity contribution in [1.29, 1.82) is 0 Å². The van der Waals surface area contributed by atoms with Crippen LogP contribution in [-0.2, 0) is 9.47 Å². The van der Waals surface area contributed by atoms with Crippen molar-refractivity contribution in [1.82, 2.24) is 29.6 Å². The van der Waals surface area contributed by atoms with Gasteiger partial charge in [-0.2, -0.15) is 10.1 Å². The van der Waals surface area contributed by atoms with Crippen LogP contribution in [0.4, 0.5) is 20.7 Å². The zero-order valence-electron chi connectivity index (χ0n) is 21.7. The van der Waals surface area contributed by atoms with E-state index in [1.165, 1.54) is 29.7 Å². The monoisotopic (exact) mass is 539 g/mol. The molecule has 2 bridgehead atoms. The Kier molecular flexibility index (Phi) is 6.67. The van der Waals surface area contributed by atoms with Gasteiger partial charge < -0.3 is 29.2 Å². The minimum absolute atomic E-state index is 0.0697. The van der Waals surface area contributed by atoms with Crippen molar-refractivity contribution in [2.24, 2.45) is 11.8 Å². The molecule has 1 aliphatic carbocycles. The maximum absolute atomic E-state index is 15.0. The van der Waals surface area contributed by atoms with Gasteiger partial charge in [-0.15, -0.1) is 0 Å². The summed E-state index contributed by atoms with van der Waals surface area (Å²) >= 11 is 0. The molecule has 1 aromatic carbocycles.